The van der Waals surface area contributed by atoms with Crippen molar-refractivity contribution >= 4 is 0 Å². The molecular formula is C26H34O10. The highest BCUT2D eigenvalue weighted by atomic mass is 16.7. The van der Waals surface area contributed by atoms with Crippen LogP contribution in [0.3, 0.4) is 0 Å². The first kappa shape index (κ1) is 26.5. The third-order valence-corrected chi connectivity index (χ3v) is 6.76. The minimum absolute atomic E-state index is 0.0809. The minimum Gasteiger partial charge on any atom is -0.493 e. The van der Waals surface area contributed by atoms with Crippen molar-refractivity contribution in [1.29, 1.82) is 0 Å². The Kier molecular flexibility index (Phi) is 8.23. The molecule has 0 bridgehead atoms. The molecule has 5 N–H and O–H groups in total. The molecule has 0 aliphatic carbocycles. The van der Waals surface area contributed by atoms with E-state index in [1.165, 1.54) is 7.11 Å². The quantitative estimate of drug-likeness (QED) is 0.334. The predicted molar refractivity (Wildman–Crippen MR) is 128 cm³/mol. The Morgan fingerprint density at radius 2 is 1.64 bits per heavy atom. The standard InChI is InChI=1S/C26H34O10/c1-13-21(29)22(30)23(31)26(34-13)35-18-7-6-15(11-19(18)32-2)24-17(12-28)16-9-14(5-4-8-27)10-20(33-3)25(16)36-24/h6-7,9-11,13,17,21-24,26-31H,4-5,8,12H2,1-3H3/t13-,17-,21-,22+,23+,24+,26-/m0/s1. The number of ether oxygens (including phenoxy) is 5. The highest BCUT2D eigenvalue weighted by Crippen LogP contribution is 2.51. The summed E-state index contributed by atoms with van der Waals surface area (Å²) in [4.78, 5) is 0. The average Bonchev–Trinajstić information content (AvgIpc) is 3.27. The number of aliphatic hydroxyl groups is 5. The molecule has 0 radical (unpaired) electrons. The summed E-state index contributed by atoms with van der Waals surface area (Å²) in [7, 11) is 3.03. The van der Waals surface area contributed by atoms with Crippen LogP contribution in [0, 0.1) is 0 Å². The van der Waals surface area contributed by atoms with Crippen LogP contribution in [0.5, 0.6) is 23.0 Å². The Labute approximate surface area is 209 Å². The molecule has 7 atom stereocenters. The van der Waals surface area contributed by atoms with E-state index < -0.39 is 36.8 Å². The van der Waals surface area contributed by atoms with E-state index in [2.05, 4.69) is 0 Å². The molecule has 10 heteroatoms. The maximum absolute atomic E-state index is 10.3. The summed E-state index contributed by atoms with van der Waals surface area (Å²) in [6.07, 6.45) is -5.31. The number of hydrogen-bond donors (Lipinski definition) is 5. The number of aryl methyl sites for hydroxylation is 1. The zero-order valence-electron chi connectivity index (χ0n) is 20.5. The SMILES string of the molecule is COc1cc([C@H]2Oc3c(OC)cc(CCCO)cc3[C@@H]2CO)ccc1O[C@@H]1O[C@@H](C)[C@H](O)[C@@H](O)[C@H]1O. The van der Waals surface area contributed by atoms with E-state index >= 15 is 0 Å². The maximum Gasteiger partial charge on any atom is 0.229 e. The van der Waals surface area contributed by atoms with E-state index in [9.17, 15) is 25.5 Å². The third-order valence-electron chi connectivity index (χ3n) is 6.76. The van der Waals surface area contributed by atoms with Crippen LogP contribution in [0.4, 0.5) is 0 Å². The Hall–Kier alpha value is -2.60. The van der Waals surface area contributed by atoms with Crippen LogP contribution in [-0.2, 0) is 11.2 Å². The Bertz CT molecular complexity index is 1040. The minimum atomic E-state index is -1.46. The molecule has 0 amide bonds. The summed E-state index contributed by atoms with van der Waals surface area (Å²) in [6.45, 7) is 1.49. The first-order chi connectivity index (χ1) is 17.3. The first-order valence-electron chi connectivity index (χ1n) is 12.0. The second-order valence-corrected chi connectivity index (χ2v) is 9.08. The fourth-order valence-corrected chi connectivity index (χ4v) is 4.72. The molecule has 0 saturated carbocycles. The van der Waals surface area contributed by atoms with Crippen molar-refractivity contribution < 1.29 is 49.2 Å². The predicted octanol–water partition coefficient (Wildman–Crippen LogP) is 1.04. The lowest BCUT2D eigenvalue weighted by molar-refractivity contribution is -0.268. The molecule has 1 saturated heterocycles. The van der Waals surface area contributed by atoms with Crippen molar-refractivity contribution in [1.82, 2.24) is 0 Å². The van der Waals surface area contributed by atoms with Crippen LogP contribution in [0.15, 0.2) is 30.3 Å². The van der Waals surface area contributed by atoms with Crippen LogP contribution >= 0.6 is 0 Å². The molecule has 2 aromatic carbocycles. The number of methoxy groups -OCH3 is 2. The van der Waals surface area contributed by atoms with Gasteiger partial charge in [-0.2, -0.15) is 0 Å². The van der Waals surface area contributed by atoms with Gasteiger partial charge in [0.15, 0.2) is 23.0 Å². The molecule has 2 aliphatic heterocycles. The first-order valence-corrected chi connectivity index (χ1v) is 12.0. The van der Waals surface area contributed by atoms with Crippen LogP contribution in [0.25, 0.3) is 0 Å². The van der Waals surface area contributed by atoms with Gasteiger partial charge in [-0.1, -0.05) is 12.1 Å². The van der Waals surface area contributed by atoms with Crippen molar-refractivity contribution in [2.45, 2.75) is 62.5 Å². The summed E-state index contributed by atoms with van der Waals surface area (Å²) in [5.41, 5.74) is 2.54. The molecule has 0 aromatic heterocycles. The highest BCUT2D eigenvalue weighted by molar-refractivity contribution is 5.56. The lowest BCUT2D eigenvalue weighted by Gasteiger charge is -2.39. The van der Waals surface area contributed by atoms with Gasteiger partial charge < -0.3 is 49.2 Å². The van der Waals surface area contributed by atoms with Gasteiger partial charge in [-0.05, 0) is 49.1 Å². The summed E-state index contributed by atoms with van der Waals surface area (Å²) < 4.78 is 28.7. The molecule has 2 aromatic rings. The summed E-state index contributed by atoms with van der Waals surface area (Å²) >= 11 is 0. The number of fused-ring (bicyclic) bond motifs is 1. The maximum atomic E-state index is 10.3. The van der Waals surface area contributed by atoms with Crippen molar-refractivity contribution in [3.63, 3.8) is 0 Å². The van der Waals surface area contributed by atoms with E-state index in [0.29, 0.717) is 30.1 Å². The van der Waals surface area contributed by atoms with Gasteiger partial charge in [-0.15, -0.1) is 0 Å². The van der Waals surface area contributed by atoms with Crippen molar-refractivity contribution in [2.24, 2.45) is 0 Å². The molecule has 2 aliphatic rings. The lowest BCUT2D eigenvalue weighted by Crippen LogP contribution is -2.58. The van der Waals surface area contributed by atoms with Gasteiger partial charge in [-0.3, -0.25) is 0 Å². The zero-order valence-corrected chi connectivity index (χ0v) is 20.5. The largest absolute Gasteiger partial charge is 0.493 e. The smallest absolute Gasteiger partial charge is 0.229 e. The topological polar surface area (TPSA) is 147 Å². The van der Waals surface area contributed by atoms with Gasteiger partial charge in [0.2, 0.25) is 6.29 Å². The Morgan fingerprint density at radius 3 is 2.31 bits per heavy atom. The van der Waals surface area contributed by atoms with E-state index in [1.807, 2.05) is 12.1 Å². The van der Waals surface area contributed by atoms with E-state index in [0.717, 1.165) is 16.7 Å². The van der Waals surface area contributed by atoms with Gasteiger partial charge in [-0.25, -0.2) is 0 Å². The van der Waals surface area contributed by atoms with Crippen LogP contribution in [-0.4, -0.2) is 83.7 Å². The van der Waals surface area contributed by atoms with Gasteiger partial charge in [0.25, 0.3) is 0 Å². The van der Waals surface area contributed by atoms with E-state index in [4.69, 9.17) is 23.7 Å². The van der Waals surface area contributed by atoms with E-state index in [1.54, 1.807) is 32.2 Å². The fourth-order valence-electron chi connectivity index (χ4n) is 4.72. The lowest BCUT2D eigenvalue weighted by atomic mass is 9.90. The fraction of sp³-hybridized carbons (Fsp3) is 0.538. The van der Waals surface area contributed by atoms with Gasteiger partial charge in [0.05, 0.1) is 32.8 Å². The molecule has 198 valence electrons. The Morgan fingerprint density at radius 1 is 0.889 bits per heavy atom. The number of benzene rings is 2. The van der Waals surface area contributed by atoms with Gasteiger partial charge >= 0.3 is 0 Å². The molecule has 36 heavy (non-hydrogen) atoms. The third kappa shape index (κ3) is 4.97. The van der Waals surface area contributed by atoms with Crippen LogP contribution < -0.4 is 18.9 Å². The average molecular weight is 507 g/mol. The zero-order chi connectivity index (χ0) is 26.0. The Balaban J connectivity index is 1.60. The number of rotatable bonds is 9. The van der Waals surface area contributed by atoms with Crippen LogP contribution in [0.1, 0.15) is 42.1 Å². The van der Waals surface area contributed by atoms with Crippen molar-refractivity contribution in [3.8, 4) is 23.0 Å². The molecule has 0 unspecified atom stereocenters. The highest BCUT2D eigenvalue weighted by Gasteiger charge is 2.43. The van der Waals surface area contributed by atoms with Gasteiger partial charge in [0, 0.05) is 12.2 Å². The van der Waals surface area contributed by atoms with Gasteiger partial charge in [0.1, 0.15) is 24.4 Å². The second kappa shape index (κ2) is 11.2. The molecule has 2 heterocycles. The van der Waals surface area contributed by atoms with Crippen molar-refractivity contribution in [2.75, 3.05) is 27.4 Å². The molecule has 0 spiro atoms. The summed E-state index contributed by atoms with van der Waals surface area (Å²) in [5.74, 6) is 1.37. The second-order valence-electron chi connectivity index (χ2n) is 9.08. The van der Waals surface area contributed by atoms with Crippen LogP contribution in [0.2, 0.25) is 0 Å². The molecular weight excluding hydrogens is 472 g/mol. The number of hydrogen-bond acceptors (Lipinski definition) is 10. The molecule has 4 rings (SSSR count). The monoisotopic (exact) mass is 506 g/mol. The number of aliphatic hydroxyl groups excluding tert-OH is 5. The summed E-state index contributed by atoms with van der Waals surface area (Å²) in [6, 6.07) is 8.98. The normalized spacial score (nSPS) is 29.4. The molecule has 10 nitrogen and oxygen atoms in total. The van der Waals surface area contributed by atoms with Crippen molar-refractivity contribution in [3.05, 3.63) is 47.0 Å². The summed E-state index contributed by atoms with van der Waals surface area (Å²) in [5, 5.41) is 49.8. The molecule has 1 fully saturated rings. The van der Waals surface area contributed by atoms with E-state index in [-0.39, 0.29) is 24.9 Å².